The Balaban J connectivity index is 2.90. The second kappa shape index (κ2) is 3.13. The molecule has 1 aromatic heterocycles. The van der Waals surface area contributed by atoms with Gasteiger partial charge < -0.3 is 4.42 Å². The van der Waals surface area contributed by atoms with E-state index in [1.54, 1.807) is 6.07 Å². The summed E-state index contributed by atoms with van der Waals surface area (Å²) in [6.07, 6.45) is 1.44. The van der Waals surface area contributed by atoms with Crippen molar-refractivity contribution in [1.29, 1.82) is 0 Å². The van der Waals surface area contributed by atoms with Gasteiger partial charge in [-0.3, -0.25) is 4.79 Å². The summed E-state index contributed by atoms with van der Waals surface area (Å²) in [5, 5.41) is -0.249. The highest BCUT2D eigenvalue weighted by Crippen LogP contribution is 2.18. The summed E-state index contributed by atoms with van der Waals surface area (Å²) in [4.78, 5) is 10.7. The average molecular weight is 170 g/mol. The first kappa shape index (κ1) is 8.40. The van der Waals surface area contributed by atoms with Crippen LogP contribution >= 0.6 is 12.6 Å². The molecule has 0 saturated heterocycles. The molecule has 3 heteroatoms. The fourth-order valence-corrected chi connectivity index (χ4v) is 0.885. The molecule has 0 aliphatic heterocycles. The Morgan fingerprint density at radius 1 is 1.64 bits per heavy atom. The molecule has 1 heterocycles. The summed E-state index contributed by atoms with van der Waals surface area (Å²) >= 11 is 3.67. The van der Waals surface area contributed by atoms with Gasteiger partial charge in [-0.25, -0.2) is 0 Å². The molecule has 1 rings (SSSR count). The van der Waals surface area contributed by atoms with Crippen LogP contribution in [0.2, 0.25) is 0 Å². The molecule has 1 aromatic rings. The molecule has 0 spiro atoms. The first-order valence-electron chi connectivity index (χ1n) is 3.43. The Morgan fingerprint density at radius 2 is 2.27 bits per heavy atom. The Hall–Kier alpha value is -0.700. The summed E-state index contributed by atoms with van der Waals surface area (Å²) in [7, 11) is 0. The van der Waals surface area contributed by atoms with Crippen molar-refractivity contribution in [3.8, 4) is 0 Å². The van der Waals surface area contributed by atoms with E-state index in [-0.39, 0.29) is 5.12 Å². The molecule has 0 saturated carbocycles. The molecule has 2 nitrogen and oxygen atoms in total. The molecule has 0 fully saturated rings. The van der Waals surface area contributed by atoms with Crippen LogP contribution in [0.15, 0.2) is 16.7 Å². The van der Waals surface area contributed by atoms with Gasteiger partial charge in [0.1, 0.15) is 12.0 Å². The molecule has 0 N–H and O–H groups in total. The second-order valence-electron chi connectivity index (χ2n) is 2.70. The molecule has 0 aromatic carbocycles. The first-order valence-corrected chi connectivity index (χ1v) is 3.87. The van der Waals surface area contributed by atoms with E-state index in [2.05, 4.69) is 12.6 Å². The van der Waals surface area contributed by atoms with Gasteiger partial charge in [0.25, 0.3) is 0 Å². The summed E-state index contributed by atoms with van der Waals surface area (Å²) in [6.45, 7) is 4.01. The lowest BCUT2D eigenvalue weighted by Gasteiger charge is -1.95. The van der Waals surface area contributed by atoms with Gasteiger partial charge in [-0.05, 0) is 6.07 Å². The van der Waals surface area contributed by atoms with E-state index < -0.39 is 0 Å². The molecular formula is C8H10O2S. The van der Waals surface area contributed by atoms with E-state index in [9.17, 15) is 4.79 Å². The van der Waals surface area contributed by atoms with Gasteiger partial charge in [0.05, 0.1) is 5.56 Å². The van der Waals surface area contributed by atoms with E-state index in [4.69, 9.17) is 4.42 Å². The smallest absolute Gasteiger partial charge is 0.219 e. The van der Waals surface area contributed by atoms with Crippen LogP contribution in [0, 0.1) is 0 Å². The number of thiol groups is 1. The van der Waals surface area contributed by atoms with Crippen LogP contribution in [0.5, 0.6) is 0 Å². The van der Waals surface area contributed by atoms with Crippen molar-refractivity contribution in [3.05, 3.63) is 23.7 Å². The van der Waals surface area contributed by atoms with Crippen molar-refractivity contribution >= 4 is 17.7 Å². The minimum atomic E-state index is -0.249. The maximum atomic E-state index is 10.7. The van der Waals surface area contributed by atoms with Crippen LogP contribution in [0.4, 0.5) is 0 Å². The third-order valence-electron chi connectivity index (χ3n) is 1.44. The standard InChI is InChI=1S/C8H10O2S/c1-5(2)7-3-6(4-10-7)8(9)11/h3-5H,1-2H3,(H,9,11). The molecular weight excluding hydrogens is 160 g/mol. The van der Waals surface area contributed by atoms with Gasteiger partial charge in [-0.2, -0.15) is 0 Å². The van der Waals surface area contributed by atoms with Crippen molar-refractivity contribution in [2.24, 2.45) is 0 Å². The lowest BCUT2D eigenvalue weighted by molar-refractivity contribution is 0.109. The van der Waals surface area contributed by atoms with Crippen LogP contribution in [0.3, 0.4) is 0 Å². The van der Waals surface area contributed by atoms with Gasteiger partial charge in [-0.15, -0.1) is 12.6 Å². The third-order valence-corrected chi connectivity index (χ3v) is 1.69. The van der Waals surface area contributed by atoms with Crippen molar-refractivity contribution in [3.63, 3.8) is 0 Å². The molecule has 11 heavy (non-hydrogen) atoms. The molecule has 0 radical (unpaired) electrons. The highest BCUT2D eigenvalue weighted by Gasteiger charge is 2.08. The first-order chi connectivity index (χ1) is 5.11. The van der Waals surface area contributed by atoms with Gasteiger partial charge in [0.2, 0.25) is 5.12 Å². The zero-order chi connectivity index (χ0) is 8.43. The number of carbonyl (C=O) groups is 1. The molecule has 60 valence electrons. The summed E-state index contributed by atoms with van der Waals surface area (Å²) in [5.41, 5.74) is 0.525. The molecule has 0 unspecified atom stereocenters. The molecule has 0 aliphatic rings. The summed E-state index contributed by atoms with van der Waals surface area (Å²) in [6, 6.07) is 1.72. The Morgan fingerprint density at radius 3 is 2.55 bits per heavy atom. The predicted octanol–water partition coefficient (Wildman–Crippen LogP) is 2.47. The van der Waals surface area contributed by atoms with E-state index >= 15 is 0 Å². The lowest BCUT2D eigenvalue weighted by Crippen LogP contribution is -1.84. The number of rotatable bonds is 2. The lowest BCUT2D eigenvalue weighted by atomic mass is 10.1. The number of hydrogen-bond acceptors (Lipinski definition) is 2. The molecule has 0 amide bonds. The van der Waals surface area contributed by atoms with E-state index in [0.717, 1.165) is 5.76 Å². The van der Waals surface area contributed by atoms with Crippen LogP contribution < -0.4 is 0 Å². The van der Waals surface area contributed by atoms with Crippen molar-refractivity contribution in [2.45, 2.75) is 19.8 Å². The van der Waals surface area contributed by atoms with Crippen LogP contribution in [-0.2, 0) is 0 Å². The second-order valence-corrected chi connectivity index (χ2v) is 3.10. The van der Waals surface area contributed by atoms with Gasteiger partial charge in [0, 0.05) is 5.92 Å². The predicted molar refractivity (Wildman–Crippen MR) is 46.1 cm³/mol. The monoisotopic (exact) mass is 170 g/mol. The average Bonchev–Trinajstić information content (AvgIpc) is 2.33. The van der Waals surface area contributed by atoms with Crippen LogP contribution in [0.25, 0.3) is 0 Å². The van der Waals surface area contributed by atoms with E-state index in [1.807, 2.05) is 13.8 Å². The Labute approximate surface area is 71.0 Å². The maximum Gasteiger partial charge on any atom is 0.219 e. The fraction of sp³-hybridized carbons (Fsp3) is 0.375. The molecule has 0 bridgehead atoms. The quantitative estimate of drug-likeness (QED) is 0.691. The number of carbonyl (C=O) groups excluding carboxylic acids is 1. The van der Waals surface area contributed by atoms with Crippen LogP contribution in [-0.4, -0.2) is 5.12 Å². The minimum Gasteiger partial charge on any atom is -0.468 e. The molecule has 0 atom stereocenters. The normalized spacial score (nSPS) is 10.5. The van der Waals surface area contributed by atoms with Crippen molar-refractivity contribution < 1.29 is 9.21 Å². The van der Waals surface area contributed by atoms with E-state index in [1.165, 1.54) is 6.26 Å². The third kappa shape index (κ3) is 1.87. The van der Waals surface area contributed by atoms with Crippen molar-refractivity contribution in [1.82, 2.24) is 0 Å². The molecule has 0 aliphatic carbocycles. The topological polar surface area (TPSA) is 30.2 Å². The van der Waals surface area contributed by atoms with Gasteiger partial charge in [0.15, 0.2) is 0 Å². The highest BCUT2D eigenvalue weighted by molar-refractivity contribution is 7.97. The van der Waals surface area contributed by atoms with Crippen molar-refractivity contribution in [2.75, 3.05) is 0 Å². The Bertz CT molecular complexity index is 263. The maximum absolute atomic E-state index is 10.7. The Kier molecular flexibility index (Phi) is 2.39. The highest BCUT2D eigenvalue weighted by atomic mass is 32.1. The zero-order valence-electron chi connectivity index (χ0n) is 6.50. The van der Waals surface area contributed by atoms with Gasteiger partial charge in [-0.1, -0.05) is 13.8 Å². The number of hydrogen-bond donors (Lipinski definition) is 1. The SMILES string of the molecule is CC(C)c1cc(C(=O)S)co1. The minimum absolute atomic E-state index is 0.249. The zero-order valence-corrected chi connectivity index (χ0v) is 7.39. The number of furan rings is 1. The fourth-order valence-electron chi connectivity index (χ4n) is 0.768. The largest absolute Gasteiger partial charge is 0.468 e. The summed E-state index contributed by atoms with van der Waals surface area (Å²) in [5.74, 6) is 1.14. The van der Waals surface area contributed by atoms with E-state index in [0.29, 0.717) is 11.5 Å². The summed E-state index contributed by atoms with van der Waals surface area (Å²) < 4.78 is 5.12. The van der Waals surface area contributed by atoms with Crippen LogP contribution in [0.1, 0.15) is 35.9 Å². The van der Waals surface area contributed by atoms with Gasteiger partial charge >= 0.3 is 0 Å².